The van der Waals surface area contributed by atoms with E-state index in [0.717, 1.165) is 16.5 Å². The average Bonchev–Trinajstić information content (AvgIpc) is 2.53. The SMILES string of the molecule is CCC(NC(=O)CCc1ccccc1F)c1ccc(Br)cc1. The van der Waals surface area contributed by atoms with Crippen molar-refractivity contribution < 1.29 is 9.18 Å². The van der Waals surface area contributed by atoms with E-state index in [-0.39, 0.29) is 24.2 Å². The molecule has 0 aromatic heterocycles. The third-order valence-electron chi connectivity index (χ3n) is 3.60. The lowest BCUT2D eigenvalue weighted by Gasteiger charge is -2.17. The van der Waals surface area contributed by atoms with E-state index in [2.05, 4.69) is 21.2 Å². The van der Waals surface area contributed by atoms with Crippen LogP contribution in [0.15, 0.2) is 53.0 Å². The van der Waals surface area contributed by atoms with Gasteiger partial charge >= 0.3 is 0 Å². The lowest BCUT2D eigenvalue weighted by atomic mass is 10.0. The van der Waals surface area contributed by atoms with Crippen molar-refractivity contribution >= 4 is 21.8 Å². The summed E-state index contributed by atoms with van der Waals surface area (Å²) in [6.07, 6.45) is 1.51. The van der Waals surface area contributed by atoms with Crippen molar-refractivity contribution in [1.82, 2.24) is 5.32 Å². The molecule has 0 saturated heterocycles. The summed E-state index contributed by atoms with van der Waals surface area (Å²) in [6.45, 7) is 2.03. The maximum atomic E-state index is 13.5. The minimum Gasteiger partial charge on any atom is -0.349 e. The van der Waals surface area contributed by atoms with Crippen LogP contribution in [0.1, 0.15) is 36.9 Å². The molecule has 1 N–H and O–H groups in total. The van der Waals surface area contributed by atoms with Crippen molar-refractivity contribution in [2.75, 3.05) is 0 Å². The zero-order valence-electron chi connectivity index (χ0n) is 12.5. The molecular formula is C18H19BrFNO. The molecule has 2 aromatic carbocycles. The molecule has 4 heteroatoms. The van der Waals surface area contributed by atoms with Crippen LogP contribution in [-0.4, -0.2) is 5.91 Å². The highest BCUT2D eigenvalue weighted by molar-refractivity contribution is 9.10. The Bertz CT molecular complexity index is 627. The fraction of sp³-hybridized carbons (Fsp3) is 0.278. The molecule has 0 spiro atoms. The van der Waals surface area contributed by atoms with Crippen molar-refractivity contribution in [1.29, 1.82) is 0 Å². The van der Waals surface area contributed by atoms with Crippen LogP contribution in [0, 0.1) is 5.82 Å². The minimum absolute atomic E-state index is 0.0128. The third-order valence-corrected chi connectivity index (χ3v) is 4.12. The largest absolute Gasteiger partial charge is 0.349 e. The molecular weight excluding hydrogens is 345 g/mol. The monoisotopic (exact) mass is 363 g/mol. The number of hydrogen-bond acceptors (Lipinski definition) is 1. The predicted molar refractivity (Wildman–Crippen MR) is 90.0 cm³/mol. The lowest BCUT2D eigenvalue weighted by molar-refractivity contribution is -0.121. The first-order chi connectivity index (χ1) is 10.6. The second kappa shape index (κ2) is 8.08. The van der Waals surface area contributed by atoms with Crippen molar-refractivity contribution in [3.05, 3.63) is 69.9 Å². The lowest BCUT2D eigenvalue weighted by Crippen LogP contribution is -2.28. The van der Waals surface area contributed by atoms with Gasteiger partial charge in [-0.15, -0.1) is 0 Å². The van der Waals surface area contributed by atoms with Gasteiger partial charge in [-0.05, 0) is 42.2 Å². The normalized spacial score (nSPS) is 12.0. The van der Waals surface area contributed by atoms with Gasteiger partial charge in [0.05, 0.1) is 6.04 Å². The number of aryl methyl sites for hydroxylation is 1. The van der Waals surface area contributed by atoms with Gasteiger partial charge in [0.1, 0.15) is 5.82 Å². The Balaban J connectivity index is 1.92. The van der Waals surface area contributed by atoms with Gasteiger partial charge in [-0.1, -0.05) is 53.2 Å². The smallest absolute Gasteiger partial charge is 0.220 e. The Kier molecular flexibility index (Phi) is 6.13. The maximum absolute atomic E-state index is 13.5. The minimum atomic E-state index is -0.254. The molecule has 2 rings (SSSR count). The number of carbonyl (C=O) groups is 1. The second-order valence-corrected chi connectivity index (χ2v) is 6.09. The van der Waals surface area contributed by atoms with Crippen LogP contribution in [0.3, 0.4) is 0 Å². The maximum Gasteiger partial charge on any atom is 0.220 e. The van der Waals surface area contributed by atoms with E-state index in [0.29, 0.717) is 12.0 Å². The molecule has 0 radical (unpaired) electrons. The van der Waals surface area contributed by atoms with Gasteiger partial charge in [0.2, 0.25) is 5.91 Å². The molecule has 1 atom stereocenters. The van der Waals surface area contributed by atoms with Crippen LogP contribution in [0.4, 0.5) is 4.39 Å². The summed E-state index contributed by atoms with van der Waals surface area (Å²) in [5.41, 5.74) is 1.65. The van der Waals surface area contributed by atoms with Crippen LogP contribution < -0.4 is 5.32 Å². The Morgan fingerprint density at radius 2 is 1.86 bits per heavy atom. The number of amides is 1. The number of rotatable bonds is 6. The van der Waals surface area contributed by atoms with Crippen molar-refractivity contribution in [3.8, 4) is 0 Å². The molecule has 0 fully saturated rings. The summed E-state index contributed by atoms with van der Waals surface area (Å²) in [7, 11) is 0. The fourth-order valence-corrected chi connectivity index (χ4v) is 2.60. The fourth-order valence-electron chi connectivity index (χ4n) is 2.33. The summed E-state index contributed by atoms with van der Waals surface area (Å²) in [5, 5.41) is 3.02. The highest BCUT2D eigenvalue weighted by atomic mass is 79.9. The quantitative estimate of drug-likeness (QED) is 0.785. The summed E-state index contributed by atoms with van der Waals surface area (Å²) in [5.74, 6) is -0.312. The second-order valence-electron chi connectivity index (χ2n) is 5.17. The molecule has 0 aliphatic heterocycles. The van der Waals surface area contributed by atoms with Gasteiger partial charge in [0.25, 0.3) is 0 Å². The number of benzene rings is 2. The van der Waals surface area contributed by atoms with Gasteiger partial charge in [-0.25, -0.2) is 4.39 Å². The van der Waals surface area contributed by atoms with Crippen LogP contribution >= 0.6 is 15.9 Å². The van der Waals surface area contributed by atoms with Crippen molar-refractivity contribution in [3.63, 3.8) is 0 Å². The molecule has 0 saturated carbocycles. The van der Waals surface area contributed by atoms with Crippen LogP contribution in [0.25, 0.3) is 0 Å². The Hall–Kier alpha value is -1.68. The Morgan fingerprint density at radius 3 is 2.50 bits per heavy atom. The van der Waals surface area contributed by atoms with Crippen LogP contribution in [-0.2, 0) is 11.2 Å². The van der Waals surface area contributed by atoms with Crippen molar-refractivity contribution in [2.45, 2.75) is 32.2 Å². The molecule has 0 heterocycles. The summed E-state index contributed by atoms with van der Waals surface area (Å²) in [6, 6.07) is 14.5. The molecule has 0 bridgehead atoms. The first kappa shape index (κ1) is 16.7. The van der Waals surface area contributed by atoms with E-state index in [1.54, 1.807) is 18.2 Å². The number of nitrogens with one attached hydrogen (secondary N) is 1. The molecule has 2 nitrogen and oxygen atoms in total. The van der Waals surface area contributed by atoms with E-state index in [4.69, 9.17) is 0 Å². The third kappa shape index (κ3) is 4.67. The molecule has 2 aromatic rings. The first-order valence-corrected chi connectivity index (χ1v) is 8.17. The average molecular weight is 364 g/mol. The number of carbonyl (C=O) groups excluding carboxylic acids is 1. The highest BCUT2D eigenvalue weighted by Gasteiger charge is 2.13. The highest BCUT2D eigenvalue weighted by Crippen LogP contribution is 2.19. The summed E-state index contributed by atoms with van der Waals surface area (Å²) < 4.78 is 14.5. The van der Waals surface area contributed by atoms with E-state index in [9.17, 15) is 9.18 Å². The zero-order chi connectivity index (χ0) is 15.9. The molecule has 1 unspecified atom stereocenters. The topological polar surface area (TPSA) is 29.1 Å². The van der Waals surface area contributed by atoms with Gasteiger partial charge in [0.15, 0.2) is 0 Å². The summed E-state index contributed by atoms with van der Waals surface area (Å²) >= 11 is 3.40. The van der Waals surface area contributed by atoms with Crippen LogP contribution in [0.2, 0.25) is 0 Å². The van der Waals surface area contributed by atoms with E-state index in [1.807, 2.05) is 31.2 Å². The van der Waals surface area contributed by atoms with Gasteiger partial charge in [-0.2, -0.15) is 0 Å². The molecule has 1 amide bonds. The molecule has 116 valence electrons. The Morgan fingerprint density at radius 1 is 1.18 bits per heavy atom. The van der Waals surface area contributed by atoms with E-state index < -0.39 is 0 Å². The van der Waals surface area contributed by atoms with E-state index >= 15 is 0 Å². The predicted octanol–water partition coefficient (Wildman–Crippen LogP) is 4.79. The number of hydrogen-bond donors (Lipinski definition) is 1. The zero-order valence-corrected chi connectivity index (χ0v) is 14.1. The van der Waals surface area contributed by atoms with Gasteiger partial charge in [-0.3, -0.25) is 4.79 Å². The first-order valence-electron chi connectivity index (χ1n) is 7.38. The number of halogens is 2. The molecule has 22 heavy (non-hydrogen) atoms. The van der Waals surface area contributed by atoms with Crippen molar-refractivity contribution in [2.24, 2.45) is 0 Å². The summed E-state index contributed by atoms with van der Waals surface area (Å²) in [4.78, 5) is 12.1. The van der Waals surface area contributed by atoms with Crippen LogP contribution in [0.5, 0.6) is 0 Å². The van der Waals surface area contributed by atoms with E-state index in [1.165, 1.54) is 6.07 Å². The van der Waals surface area contributed by atoms with Gasteiger partial charge < -0.3 is 5.32 Å². The molecule has 0 aliphatic rings. The van der Waals surface area contributed by atoms with Gasteiger partial charge in [0, 0.05) is 10.9 Å². The Labute approximate surface area is 138 Å². The standard InChI is InChI=1S/C18H19BrFNO/c1-2-17(14-7-10-15(19)11-8-14)21-18(22)12-9-13-5-3-4-6-16(13)20/h3-8,10-11,17H,2,9,12H2,1H3,(H,21,22). The molecule has 0 aliphatic carbocycles.